The number of rotatable bonds is 3. The maximum absolute atomic E-state index is 12.7. The van der Waals surface area contributed by atoms with Crippen molar-refractivity contribution in [2.45, 2.75) is 43.0 Å². The fraction of sp³-hybridized carbons (Fsp3) is 0.368. The van der Waals surface area contributed by atoms with E-state index in [1.165, 1.54) is 17.5 Å². The molecule has 126 valence electrons. The molecule has 1 aliphatic heterocycles. The first kappa shape index (κ1) is 15.7. The Morgan fingerprint density at radius 2 is 1.75 bits per heavy atom. The van der Waals surface area contributed by atoms with E-state index in [-0.39, 0.29) is 6.04 Å². The summed E-state index contributed by atoms with van der Waals surface area (Å²) in [6, 6.07) is 13.1. The summed E-state index contributed by atoms with van der Waals surface area (Å²) in [5, 5.41) is 0. The molecule has 1 unspecified atom stereocenters. The molecule has 1 N–H and O–H groups in total. The fourth-order valence-corrected chi connectivity index (χ4v) is 4.84. The third-order valence-electron chi connectivity index (χ3n) is 4.83. The van der Waals surface area contributed by atoms with Gasteiger partial charge in [-0.25, -0.2) is 13.1 Å². The zero-order chi connectivity index (χ0) is 16.6. The van der Waals surface area contributed by atoms with Crippen molar-refractivity contribution in [3.8, 4) is 5.75 Å². The summed E-state index contributed by atoms with van der Waals surface area (Å²) in [6.07, 6.45) is 5.00. The Labute approximate surface area is 142 Å². The summed E-state index contributed by atoms with van der Waals surface area (Å²) in [7, 11) is -3.53. The zero-order valence-electron chi connectivity index (χ0n) is 13.5. The molecule has 2 aromatic carbocycles. The van der Waals surface area contributed by atoms with Gasteiger partial charge >= 0.3 is 0 Å². The Hall–Kier alpha value is -1.85. The van der Waals surface area contributed by atoms with E-state index in [1.54, 1.807) is 6.07 Å². The van der Waals surface area contributed by atoms with Crippen molar-refractivity contribution in [1.82, 2.24) is 4.72 Å². The van der Waals surface area contributed by atoms with Crippen LogP contribution in [0.25, 0.3) is 0 Å². The van der Waals surface area contributed by atoms with Gasteiger partial charge < -0.3 is 4.74 Å². The van der Waals surface area contributed by atoms with E-state index in [4.69, 9.17) is 4.74 Å². The molecule has 24 heavy (non-hydrogen) atoms. The van der Waals surface area contributed by atoms with Gasteiger partial charge in [-0.15, -0.1) is 0 Å². The van der Waals surface area contributed by atoms with Gasteiger partial charge in [-0.2, -0.15) is 0 Å². The van der Waals surface area contributed by atoms with Gasteiger partial charge in [-0.1, -0.05) is 24.3 Å². The average Bonchev–Trinajstić information content (AvgIpc) is 2.61. The number of nitrogens with one attached hydrogen (secondary N) is 1. The second-order valence-electron chi connectivity index (χ2n) is 6.58. The Morgan fingerprint density at radius 3 is 2.62 bits per heavy atom. The topological polar surface area (TPSA) is 55.4 Å². The van der Waals surface area contributed by atoms with Gasteiger partial charge in [-0.3, -0.25) is 0 Å². The van der Waals surface area contributed by atoms with Crippen LogP contribution in [-0.2, 0) is 29.3 Å². The molecule has 0 aromatic heterocycles. The minimum Gasteiger partial charge on any atom is -0.492 e. The van der Waals surface area contributed by atoms with Crippen LogP contribution in [0.4, 0.5) is 0 Å². The predicted octanol–water partition coefficient (Wildman–Crippen LogP) is 2.85. The minimum absolute atomic E-state index is 0.235. The number of fused-ring (bicyclic) bond motifs is 2. The molecule has 0 amide bonds. The first-order chi connectivity index (χ1) is 11.6. The number of aryl methyl sites for hydroxylation is 2. The van der Waals surface area contributed by atoms with Crippen LogP contribution in [0.2, 0.25) is 0 Å². The van der Waals surface area contributed by atoms with Crippen LogP contribution < -0.4 is 9.46 Å². The molecule has 1 atom stereocenters. The monoisotopic (exact) mass is 343 g/mol. The van der Waals surface area contributed by atoms with E-state index in [0.717, 1.165) is 30.6 Å². The summed E-state index contributed by atoms with van der Waals surface area (Å²) in [4.78, 5) is 0.363. The van der Waals surface area contributed by atoms with Gasteiger partial charge in [0.15, 0.2) is 0 Å². The van der Waals surface area contributed by atoms with Crippen LogP contribution in [-0.4, -0.2) is 21.1 Å². The standard InChI is InChI=1S/C19H21NO3S/c21-24(22,18-10-9-14-5-1-2-6-15(14)12-18)20-17-11-16-7-3-4-8-19(16)23-13-17/h3-4,7-10,12,17,20H,1-2,5-6,11,13H2. The van der Waals surface area contributed by atoms with Crippen LogP contribution in [0, 0.1) is 0 Å². The van der Waals surface area contributed by atoms with Crippen LogP contribution in [0.3, 0.4) is 0 Å². The molecule has 0 fully saturated rings. The van der Waals surface area contributed by atoms with Gasteiger partial charge in [0, 0.05) is 0 Å². The second kappa shape index (κ2) is 6.22. The Kier molecular flexibility index (Phi) is 4.06. The van der Waals surface area contributed by atoms with Gasteiger partial charge in [0.05, 0.1) is 10.9 Å². The quantitative estimate of drug-likeness (QED) is 0.932. The third-order valence-corrected chi connectivity index (χ3v) is 6.35. The molecule has 0 bridgehead atoms. The van der Waals surface area contributed by atoms with E-state index in [2.05, 4.69) is 4.72 Å². The number of sulfonamides is 1. The molecule has 2 aliphatic rings. The Bertz CT molecular complexity index is 861. The summed E-state index contributed by atoms with van der Waals surface area (Å²) in [5.41, 5.74) is 3.51. The van der Waals surface area contributed by atoms with Gasteiger partial charge in [-0.05, 0) is 67.0 Å². The number of hydrogen-bond acceptors (Lipinski definition) is 3. The summed E-state index contributed by atoms with van der Waals surface area (Å²) in [5.74, 6) is 0.849. The lowest BCUT2D eigenvalue weighted by atomic mass is 9.92. The smallest absolute Gasteiger partial charge is 0.240 e. The molecular weight excluding hydrogens is 322 g/mol. The molecule has 1 heterocycles. The zero-order valence-corrected chi connectivity index (χ0v) is 14.3. The summed E-state index contributed by atoms with van der Waals surface area (Å²) in [6.45, 7) is 0.362. The van der Waals surface area contributed by atoms with E-state index in [9.17, 15) is 8.42 Å². The molecule has 4 rings (SSSR count). The van der Waals surface area contributed by atoms with Crippen molar-refractivity contribution in [1.29, 1.82) is 0 Å². The SMILES string of the molecule is O=S(=O)(NC1COc2ccccc2C1)c1ccc2c(c1)CCCC2. The maximum atomic E-state index is 12.7. The molecule has 4 nitrogen and oxygen atoms in total. The lowest BCUT2D eigenvalue weighted by Crippen LogP contribution is -2.42. The van der Waals surface area contributed by atoms with Gasteiger partial charge in [0.2, 0.25) is 10.0 Å². The molecule has 1 aliphatic carbocycles. The molecule has 0 saturated heterocycles. The van der Waals surface area contributed by atoms with E-state index < -0.39 is 10.0 Å². The van der Waals surface area contributed by atoms with Crippen LogP contribution in [0.1, 0.15) is 29.5 Å². The number of benzene rings is 2. The summed E-state index contributed by atoms with van der Waals surface area (Å²) >= 11 is 0. The Morgan fingerprint density at radius 1 is 0.958 bits per heavy atom. The lowest BCUT2D eigenvalue weighted by Gasteiger charge is -2.26. The van der Waals surface area contributed by atoms with Crippen LogP contribution >= 0.6 is 0 Å². The molecular formula is C19H21NO3S. The molecule has 5 heteroatoms. The molecule has 2 aromatic rings. The first-order valence-corrected chi connectivity index (χ1v) is 9.95. The van der Waals surface area contributed by atoms with E-state index >= 15 is 0 Å². The average molecular weight is 343 g/mol. The van der Waals surface area contributed by atoms with Crippen molar-refractivity contribution in [2.24, 2.45) is 0 Å². The van der Waals surface area contributed by atoms with Crippen molar-refractivity contribution >= 4 is 10.0 Å². The molecule has 0 radical (unpaired) electrons. The largest absolute Gasteiger partial charge is 0.492 e. The highest BCUT2D eigenvalue weighted by molar-refractivity contribution is 7.89. The van der Waals surface area contributed by atoms with Crippen molar-refractivity contribution in [3.63, 3.8) is 0 Å². The van der Waals surface area contributed by atoms with Crippen molar-refractivity contribution in [3.05, 3.63) is 59.2 Å². The number of ether oxygens (including phenoxy) is 1. The third kappa shape index (κ3) is 3.06. The minimum atomic E-state index is -3.53. The molecule has 0 spiro atoms. The summed E-state index contributed by atoms with van der Waals surface area (Å²) < 4.78 is 34.0. The van der Waals surface area contributed by atoms with Gasteiger partial charge in [0.25, 0.3) is 0 Å². The highest BCUT2D eigenvalue weighted by Gasteiger charge is 2.26. The second-order valence-corrected chi connectivity index (χ2v) is 8.29. The number of hydrogen-bond donors (Lipinski definition) is 1. The van der Waals surface area contributed by atoms with Crippen molar-refractivity contribution < 1.29 is 13.2 Å². The highest BCUT2D eigenvalue weighted by Crippen LogP contribution is 2.26. The first-order valence-electron chi connectivity index (χ1n) is 8.47. The van der Waals surface area contributed by atoms with Crippen LogP contribution in [0.5, 0.6) is 5.75 Å². The number of para-hydroxylation sites is 1. The highest BCUT2D eigenvalue weighted by atomic mass is 32.2. The lowest BCUT2D eigenvalue weighted by molar-refractivity contribution is 0.254. The van der Waals surface area contributed by atoms with Crippen molar-refractivity contribution in [2.75, 3.05) is 6.61 Å². The Balaban J connectivity index is 1.54. The van der Waals surface area contributed by atoms with Gasteiger partial charge in [0.1, 0.15) is 12.4 Å². The predicted molar refractivity (Wildman–Crippen MR) is 92.8 cm³/mol. The van der Waals surface area contributed by atoms with E-state index in [1.807, 2.05) is 36.4 Å². The van der Waals surface area contributed by atoms with Crippen LogP contribution in [0.15, 0.2) is 47.4 Å². The van der Waals surface area contributed by atoms with E-state index in [0.29, 0.717) is 17.9 Å². The maximum Gasteiger partial charge on any atom is 0.240 e. The normalized spacial score (nSPS) is 19.9. The fourth-order valence-electron chi connectivity index (χ4n) is 3.57. The molecule has 0 saturated carbocycles.